The molecule has 1 aromatic carbocycles. The molecule has 0 aromatic heterocycles. The molecule has 23 heavy (non-hydrogen) atoms. The van der Waals surface area contributed by atoms with Crippen molar-refractivity contribution in [3.05, 3.63) is 35.9 Å². The van der Waals surface area contributed by atoms with Gasteiger partial charge in [0.05, 0.1) is 6.61 Å². The molecule has 0 radical (unpaired) electrons. The van der Waals surface area contributed by atoms with E-state index in [2.05, 4.69) is 23.7 Å². The summed E-state index contributed by atoms with van der Waals surface area (Å²) in [5, 5.41) is 13.3. The molecule has 0 aliphatic carbocycles. The van der Waals surface area contributed by atoms with Crippen LogP contribution in [-0.2, 0) is 0 Å². The molecule has 1 saturated heterocycles. The summed E-state index contributed by atoms with van der Waals surface area (Å²) in [6, 6.07) is 5.99. The maximum absolute atomic E-state index is 9.87. The zero-order valence-electron chi connectivity index (χ0n) is 13.9. The number of hydrogen-bond donors (Lipinski definition) is 2. The van der Waals surface area contributed by atoms with E-state index in [9.17, 15) is 5.11 Å². The van der Waals surface area contributed by atoms with Gasteiger partial charge in [0, 0.05) is 32.2 Å². The van der Waals surface area contributed by atoms with E-state index in [-0.39, 0.29) is 30.6 Å². The number of nitrogens with zero attached hydrogens (tertiary/aromatic N) is 1. The average molecular weight is 363 g/mol. The standard InChI is InChI=1S/C17H26N2O2.2ClH/c1-4-21-17-12-14(5-6-16(17)20)15(11-13(2)3)19-9-7-18-8-10-19;;/h5-6,12,15,18,20H,2,4,7-11H2,1,3H3;2*1H/t15-;;/m1../s1. The maximum Gasteiger partial charge on any atom is 0.161 e. The van der Waals surface area contributed by atoms with E-state index in [4.69, 9.17) is 4.74 Å². The Morgan fingerprint density at radius 1 is 1.35 bits per heavy atom. The van der Waals surface area contributed by atoms with Crippen LogP contribution in [0, 0.1) is 0 Å². The lowest BCUT2D eigenvalue weighted by Crippen LogP contribution is -2.45. The molecule has 1 aliphatic heterocycles. The molecule has 132 valence electrons. The second-order valence-corrected chi connectivity index (χ2v) is 5.62. The SMILES string of the molecule is C=C(C)C[C@H](c1ccc(O)c(OCC)c1)N1CCNCC1.Cl.Cl. The molecule has 1 fully saturated rings. The Balaban J connectivity index is 0.00000242. The van der Waals surface area contributed by atoms with Crippen LogP contribution in [0.3, 0.4) is 0 Å². The molecule has 0 spiro atoms. The van der Waals surface area contributed by atoms with Crippen LogP contribution in [0.4, 0.5) is 0 Å². The number of rotatable bonds is 6. The average Bonchev–Trinajstić information content (AvgIpc) is 2.48. The molecular formula is C17H28Cl2N2O2. The van der Waals surface area contributed by atoms with Gasteiger partial charge >= 0.3 is 0 Å². The summed E-state index contributed by atoms with van der Waals surface area (Å²) in [5.74, 6) is 0.770. The first-order valence-corrected chi connectivity index (χ1v) is 7.66. The fourth-order valence-electron chi connectivity index (χ4n) is 2.79. The van der Waals surface area contributed by atoms with Gasteiger partial charge in [0.1, 0.15) is 0 Å². The van der Waals surface area contributed by atoms with Gasteiger partial charge in [0.2, 0.25) is 0 Å². The Morgan fingerprint density at radius 2 is 2.00 bits per heavy atom. The minimum atomic E-state index is 0. The number of aromatic hydroxyl groups is 1. The molecule has 0 bridgehead atoms. The Morgan fingerprint density at radius 3 is 2.57 bits per heavy atom. The fraction of sp³-hybridized carbons (Fsp3) is 0.529. The molecule has 0 amide bonds. The molecule has 2 N–H and O–H groups in total. The van der Waals surface area contributed by atoms with Crippen molar-refractivity contribution in [3.8, 4) is 11.5 Å². The second kappa shape index (κ2) is 10.8. The van der Waals surface area contributed by atoms with Gasteiger partial charge in [-0.3, -0.25) is 4.90 Å². The molecule has 0 saturated carbocycles. The lowest BCUT2D eigenvalue weighted by Gasteiger charge is -2.35. The highest BCUT2D eigenvalue weighted by Crippen LogP contribution is 2.34. The maximum atomic E-state index is 9.87. The number of nitrogens with one attached hydrogen (secondary N) is 1. The first-order chi connectivity index (χ1) is 10.1. The third kappa shape index (κ3) is 6.22. The number of hydrogen-bond acceptors (Lipinski definition) is 4. The summed E-state index contributed by atoms with van der Waals surface area (Å²) < 4.78 is 5.52. The smallest absolute Gasteiger partial charge is 0.161 e. The molecule has 1 atom stereocenters. The number of phenolic OH excluding ortho intramolecular Hbond substituents is 1. The van der Waals surface area contributed by atoms with Crippen molar-refractivity contribution in [2.45, 2.75) is 26.3 Å². The van der Waals surface area contributed by atoms with Crippen LogP contribution >= 0.6 is 24.8 Å². The highest BCUT2D eigenvalue weighted by Gasteiger charge is 2.23. The second-order valence-electron chi connectivity index (χ2n) is 5.62. The van der Waals surface area contributed by atoms with Crippen molar-refractivity contribution in [1.82, 2.24) is 10.2 Å². The molecular weight excluding hydrogens is 335 g/mol. The number of piperazine rings is 1. The van der Waals surface area contributed by atoms with Crippen LogP contribution in [-0.4, -0.2) is 42.8 Å². The van der Waals surface area contributed by atoms with Crippen molar-refractivity contribution in [1.29, 1.82) is 0 Å². The van der Waals surface area contributed by atoms with Gasteiger partial charge in [0.15, 0.2) is 11.5 Å². The lowest BCUT2D eigenvalue weighted by molar-refractivity contribution is 0.172. The van der Waals surface area contributed by atoms with Crippen molar-refractivity contribution in [2.75, 3.05) is 32.8 Å². The summed E-state index contributed by atoms with van der Waals surface area (Å²) >= 11 is 0. The van der Waals surface area contributed by atoms with E-state index in [1.165, 1.54) is 11.1 Å². The molecule has 0 unspecified atom stereocenters. The minimum absolute atomic E-state index is 0. The minimum Gasteiger partial charge on any atom is -0.504 e. The van der Waals surface area contributed by atoms with Gasteiger partial charge in [-0.15, -0.1) is 31.4 Å². The van der Waals surface area contributed by atoms with E-state index in [1.807, 2.05) is 19.1 Å². The van der Waals surface area contributed by atoms with Crippen LogP contribution in [0.25, 0.3) is 0 Å². The Kier molecular flexibility index (Phi) is 10.3. The summed E-state index contributed by atoms with van der Waals surface area (Å²) in [6.45, 7) is 12.7. The molecule has 1 heterocycles. The molecule has 1 aliphatic rings. The van der Waals surface area contributed by atoms with Gasteiger partial charge in [0.25, 0.3) is 0 Å². The van der Waals surface area contributed by atoms with E-state index in [1.54, 1.807) is 6.07 Å². The fourth-order valence-corrected chi connectivity index (χ4v) is 2.79. The third-order valence-electron chi connectivity index (χ3n) is 3.80. The zero-order valence-corrected chi connectivity index (χ0v) is 15.5. The molecule has 1 aromatic rings. The largest absolute Gasteiger partial charge is 0.504 e. The third-order valence-corrected chi connectivity index (χ3v) is 3.80. The van der Waals surface area contributed by atoms with Crippen molar-refractivity contribution in [2.24, 2.45) is 0 Å². The number of benzene rings is 1. The van der Waals surface area contributed by atoms with E-state index in [0.29, 0.717) is 18.4 Å². The van der Waals surface area contributed by atoms with Gasteiger partial charge in [-0.05, 0) is 38.0 Å². The summed E-state index contributed by atoms with van der Waals surface area (Å²) in [7, 11) is 0. The topological polar surface area (TPSA) is 44.7 Å². The first kappa shape index (κ1) is 22.1. The number of phenols is 1. The van der Waals surface area contributed by atoms with Crippen LogP contribution in [0.2, 0.25) is 0 Å². The highest BCUT2D eigenvalue weighted by molar-refractivity contribution is 5.85. The van der Waals surface area contributed by atoms with Gasteiger partial charge in [-0.25, -0.2) is 0 Å². The monoisotopic (exact) mass is 362 g/mol. The van der Waals surface area contributed by atoms with Crippen LogP contribution in [0.5, 0.6) is 11.5 Å². The van der Waals surface area contributed by atoms with E-state index in [0.717, 1.165) is 32.6 Å². The predicted octanol–water partition coefficient (Wildman–Crippen LogP) is 3.55. The van der Waals surface area contributed by atoms with Crippen LogP contribution < -0.4 is 10.1 Å². The lowest BCUT2D eigenvalue weighted by atomic mass is 9.97. The van der Waals surface area contributed by atoms with Crippen LogP contribution in [0.15, 0.2) is 30.4 Å². The highest BCUT2D eigenvalue weighted by atomic mass is 35.5. The summed E-state index contributed by atoms with van der Waals surface area (Å²) in [6.07, 6.45) is 0.927. The Bertz CT molecular complexity index is 491. The van der Waals surface area contributed by atoms with Crippen molar-refractivity contribution < 1.29 is 9.84 Å². The molecule has 4 nitrogen and oxygen atoms in total. The Labute approximate surface area is 151 Å². The number of halogens is 2. The van der Waals surface area contributed by atoms with Gasteiger partial charge < -0.3 is 15.2 Å². The first-order valence-electron chi connectivity index (χ1n) is 7.66. The Hall–Kier alpha value is -0.940. The van der Waals surface area contributed by atoms with Crippen molar-refractivity contribution in [3.63, 3.8) is 0 Å². The van der Waals surface area contributed by atoms with Gasteiger partial charge in [-0.2, -0.15) is 0 Å². The van der Waals surface area contributed by atoms with Crippen LogP contribution in [0.1, 0.15) is 31.9 Å². The van der Waals surface area contributed by atoms with Gasteiger partial charge in [-0.1, -0.05) is 11.6 Å². The quantitative estimate of drug-likeness (QED) is 0.759. The molecule has 6 heteroatoms. The predicted molar refractivity (Wildman–Crippen MR) is 100 cm³/mol. The zero-order chi connectivity index (χ0) is 15.2. The van der Waals surface area contributed by atoms with E-state index < -0.39 is 0 Å². The van der Waals surface area contributed by atoms with Crippen molar-refractivity contribution >= 4 is 24.8 Å². The molecule has 2 rings (SSSR count). The summed E-state index contributed by atoms with van der Waals surface area (Å²) in [4.78, 5) is 2.48. The normalized spacial score (nSPS) is 15.9. The van der Waals surface area contributed by atoms with E-state index >= 15 is 0 Å². The number of ether oxygens (including phenoxy) is 1. The summed E-state index contributed by atoms with van der Waals surface area (Å²) in [5.41, 5.74) is 2.35.